The van der Waals surface area contributed by atoms with E-state index in [4.69, 9.17) is 20.3 Å². The number of benzene rings is 1. The second-order valence-electron chi connectivity index (χ2n) is 3.14. The van der Waals surface area contributed by atoms with Crippen LogP contribution in [-0.4, -0.2) is 30.5 Å². The number of rotatable bonds is 6. The standard InChI is InChI=1S/C11H15NO4/c1-2-15-10(12)7-16-9-5-3-4-8(6-9)11(13)14/h3-6,10H,2,7,12H2,1H3,(H,13,14). The van der Waals surface area contributed by atoms with E-state index in [0.717, 1.165) is 0 Å². The van der Waals surface area contributed by atoms with Crippen LogP contribution in [-0.2, 0) is 4.74 Å². The first-order valence-electron chi connectivity index (χ1n) is 4.96. The fourth-order valence-electron chi connectivity index (χ4n) is 1.16. The molecule has 0 fully saturated rings. The minimum atomic E-state index is -0.987. The number of carboxylic acid groups (broad SMARTS) is 1. The minimum absolute atomic E-state index is 0.183. The van der Waals surface area contributed by atoms with E-state index in [1.807, 2.05) is 6.92 Å². The molecule has 0 saturated heterocycles. The molecular weight excluding hydrogens is 210 g/mol. The first-order valence-corrected chi connectivity index (χ1v) is 4.96. The smallest absolute Gasteiger partial charge is 0.335 e. The van der Waals surface area contributed by atoms with E-state index in [-0.39, 0.29) is 12.2 Å². The van der Waals surface area contributed by atoms with Crippen molar-refractivity contribution in [2.24, 2.45) is 5.73 Å². The van der Waals surface area contributed by atoms with Crippen molar-refractivity contribution in [3.8, 4) is 5.75 Å². The molecule has 0 bridgehead atoms. The number of carbonyl (C=O) groups is 1. The van der Waals surface area contributed by atoms with Crippen LogP contribution >= 0.6 is 0 Å². The molecule has 1 aromatic rings. The summed E-state index contributed by atoms with van der Waals surface area (Å²) in [6.07, 6.45) is -0.501. The van der Waals surface area contributed by atoms with Gasteiger partial charge >= 0.3 is 5.97 Å². The lowest BCUT2D eigenvalue weighted by atomic mass is 10.2. The molecule has 0 radical (unpaired) electrons. The lowest BCUT2D eigenvalue weighted by Gasteiger charge is -2.13. The number of ether oxygens (including phenoxy) is 2. The highest BCUT2D eigenvalue weighted by atomic mass is 16.5. The fourth-order valence-corrected chi connectivity index (χ4v) is 1.16. The van der Waals surface area contributed by atoms with Crippen molar-refractivity contribution < 1.29 is 19.4 Å². The first-order chi connectivity index (χ1) is 7.63. The molecular formula is C11H15NO4. The molecule has 0 aliphatic rings. The molecule has 5 nitrogen and oxygen atoms in total. The van der Waals surface area contributed by atoms with Crippen LogP contribution in [0.15, 0.2) is 24.3 Å². The van der Waals surface area contributed by atoms with Gasteiger partial charge in [0.2, 0.25) is 0 Å². The predicted molar refractivity (Wildman–Crippen MR) is 58.5 cm³/mol. The molecule has 1 aromatic carbocycles. The van der Waals surface area contributed by atoms with Crippen LogP contribution < -0.4 is 10.5 Å². The Morgan fingerprint density at radius 2 is 2.31 bits per heavy atom. The summed E-state index contributed by atoms with van der Waals surface area (Å²) in [5.41, 5.74) is 5.75. The van der Waals surface area contributed by atoms with E-state index >= 15 is 0 Å². The van der Waals surface area contributed by atoms with Crippen LogP contribution in [0, 0.1) is 0 Å². The van der Waals surface area contributed by atoms with Gasteiger partial charge in [0, 0.05) is 6.61 Å². The Kier molecular flexibility index (Phi) is 4.75. The zero-order valence-electron chi connectivity index (χ0n) is 9.05. The van der Waals surface area contributed by atoms with Gasteiger partial charge in [-0.1, -0.05) is 6.07 Å². The molecule has 1 unspecified atom stereocenters. The molecule has 0 aliphatic carbocycles. The monoisotopic (exact) mass is 225 g/mol. The van der Waals surface area contributed by atoms with Crippen molar-refractivity contribution in [1.82, 2.24) is 0 Å². The molecule has 0 aliphatic heterocycles. The van der Waals surface area contributed by atoms with Gasteiger partial charge in [-0.25, -0.2) is 4.79 Å². The highest BCUT2D eigenvalue weighted by Gasteiger charge is 2.06. The zero-order chi connectivity index (χ0) is 12.0. The first kappa shape index (κ1) is 12.5. The number of aromatic carboxylic acids is 1. The SMILES string of the molecule is CCOC(N)COc1cccc(C(=O)O)c1. The maximum atomic E-state index is 10.7. The Bertz CT molecular complexity index is 354. The van der Waals surface area contributed by atoms with Crippen LogP contribution in [0.3, 0.4) is 0 Å². The summed E-state index contributed by atoms with van der Waals surface area (Å²) < 4.78 is 10.4. The van der Waals surface area contributed by atoms with E-state index in [9.17, 15) is 4.79 Å². The maximum absolute atomic E-state index is 10.7. The van der Waals surface area contributed by atoms with Crippen molar-refractivity contribution in [1.29, 1.82) is 0 Å². The molecule has 1 rings (SSSR count). The molecule has 0 saturated carbocycles. The molecule has 0 spiro atoms. The Morgan fingerprint density at radius 3 is 2.94 bits per heavy atom. The minimum Gasteiger partial charge on any atom is -0.489 e. The molecule has 0 amide bonds. The van der Waals surface area contributed by atoms with Gasteiger partial charge in [-0.05, 0) is 25.1 Å². The van der Waals surface area contributed by atoms with Crippen molar-refractivity contribution in [3.63, 3.8) is 0 Å². The normalized spacial score (nSPS) is 12.1. The summed E-state index contributed by atoms with van der Waals surface area (Å²) in [5, 5.41) is 8.77. The highest BCUT2D eigenvalue weighted by Crippen LogP contribution is 2.13. The molecule has 16 heavy (non-hydrogen) atoms. The van der Waals surface area contributed by atoms with Gasteiger partial charge < -0.3 is 20.3 Å². The second kappa shape index (κ2) is 6.09. The number of carboxylic acids is 1. The average Bonchev–Trinajstić information content (AvgIpc) is 2.27. The Hall–Kier alpha value is -1.59. The summed E-state index contributed by atoms with van der Waals surface area (Å²) in [7, 11) is 0. The molecule has 0 heterocycles. The van der Waals surface area contributed by atoms with Gasteiger partial charge in [0.1, 0.15) is 18.6 Å². The number of hydrogen-bond donors (Lipinski definition) is 2. The summed E-state index contributed by atoms with van der Waals surface area (Å²) >= 11 is 0. The Morgan fingerprint density at radius 1 is 1.56 bits per heavy atom. The van der Waals surface area contributed by atoms with Crippen LogP contribution in [0.5, 0.6) is 5.75 Å². The van der Waals surface area contributed by atoms with Crippen LogP contribution in [0.4, 0.5) is 0 Å². The van der Waals surface area contributed by atoms with Gasteiger partial charge in [-0.3, -0.25) is 0 Å². The van der Waals surface area contributed by atoms with Gasteiger partial charge in [0.15, 0.2) is 0 Å². The predicted octanol–water partition coefficient (Wildman–Crippen LogP) is 1.08. The number of hydrogen-bond acceptors (Lipinski definition) is 4. The quantitative estimate of drug-likeness (QED) is 0.708. The average molecular weight is 225 g/mol. The molecule has 88 valence electrons. The maximum Gasteiger partial charge on any atom is 0.335 e. The van der Waals surface area contributed by atoms with Gasteiger partial charge in [0.25, 0.3) is 0 Å². The number of nitrogens with two attached hydrogens (primary N) is 1. The van der Waals surface area contributed by atoms with Crippen molar-refractivity contribution in [3.05, 3.63) is 29.8 Å². The van der Waals surface area contributed by atoms with E-state index in [0.29, 0.717) is 12.4 Å². The third-order valence-corrected chi connectivity index (χ3v) is 1.88. The highest BCUT2D eigenvalue weighted by molar-refractivity contribution is 5.87. The molecule has 5 heteroatoms. The zero-order valence-corrected chi connectivity index (χ0v) is 9.05. The van der Waals surface area contributed by atoms with Crippen LogP contribution in [0.25, 0.3) is 0 Å². The Balaban J connectivity index is 2.54. The van der Waals surface area contributed by atoms with Crippen molar-refractivity contribution in [2.75, 3.05) is 13.2 Å². The third kappa shape index (κ3) is 3.88. The van der Waals surface area contributed by atoms with E-state index < -0.39 is 12.2 Å². The lowest BCUT2D eigenvalue weighted by molar-refractivity contribution is 0.0321. The Labute approximate surface area is 93.8 Å². The second-order valence-corrected chi connectivity index (χ2v) is 3.14. The molecule has 1 atom stereocenters. The molecule has 3 N–H and O–H groups in total. The van der Waals surface area contributed by atoms with Crippen molar-refractivity contribution in [2.45, 2.75) is 13.2 Å². The molecule has 0 aromatic heterocycles. The van der Waals surface area contributed by atoms with Crippen molar-refractivity contribution >= 4 is 5.97 Å². The van der Waals surface area contributed by atoms with Crippen LogP contribution in [0.2, 0.25) is 0 Å². The van der Waals surface area contributed by atoms with E-state index in [2.05, 4.69) is 0 Å². The third-order valence-electron chi connectivity index (χ3n) is 1.88. The van der Waals surface area contributed by atoms with Gasteiger partial charge in [-0.15, -0.1) is 0 Å². The summed E-state index contributed by atoms with van der Waals surface area (Å²) in [4.78, 5) is 10.7. The summed E-state index contributed by atoms with van der Waals surface area (Å²) in [6, 6.07) is 6.23. The largest absolute Gasteiger partial charge is 0.489 e. The van der Waals surface area contributed by atoms with E-state index in [1.54, 1.807) is 12.1 Å². The van der Waals surface area contributed by atoms with Crippen LogP contribution in [0.1, 0.15) is 17.3 Å². The topological polar surface area (TPSA) is 81.8 Å². The fraction of sp³-hybridized carbons (Fsp3) is 0.364. The van der Waals surface area contributed by atoms with Gasteiger partial charge in [0.05, 0.1) is 5.56 Å². The van der Waals surface area contributed by atoms with E-state index in [1.165, 1.54) is 12.1 Å². The van der Waals surface area contributed by atoms with Gasteiger partial charge in [-0.2, -0.15) is 0 Å². The summed E-state index contributed by atoms with van der Waals surface area (Å²) in [5.74, 6) is -0.519. The lowest BCUT2D eigenvalue weighted by Crippen LogP contribution is -2.30. The summed E-state index contributed by atoms with van der Waals surface area (Å²) in [6.45, 7) is 2.54.